The minimum Gasteiger partial charge on any atom is -0.351 e. The second-order valence-corrected chi connectivity index (χ2v) is 3.14. The SMILES string of the molecule is CCN(CC)Cc1cc(C(F)(F)F)on1. The third-order valence-electron chi connectivity index (χ3n) is 2.12. The summed E-state index contributed by atoms with van der Waals surface area (Å²) in [7, 11) is 0. The van der Waals surface area contributed by atoms with Crippen molar-refractivity contribution in [3.05, 3.63) is 17.5 Å². The van der Waals surface area contributed by atoms with E-state index in [9.17, 15) is 13.2 Å². The number of nitrogens with zero attached hydrogens (tertiary/aromatic N) is 2. The maximum Gasteiger partial charge on any atom is 0.452 e. The first-order valence-electron chi connectivity index (χ1n) is 4.72. The van der Waals surface area contributed by atoms with E-state index in [4.69, 9.17) is 0 Å². The van der Waals surface area contributed by atoms with Gasteiger partial charge in [-0.25, -0.2) is 0 Å². The summed E-state index contributed by atoms with van der Waals surface area (Å²) in [5.41, 5.74) is 0.311. The molecule has 1 aromatic heterocycles. The molecule has 86 valence electrons. The lowest BCUT2D eigenvalue weighted by Crippen LogP contribution is -2.22. The molecule has 15 heavy (non-hydrogen) atoms. The Kier molecular flexibility index (Phi) is 3.73. The summed E-state index contributed by atoms with van der Waals surface area (Å²) in [6.07, 6.45) is -4.45. The van der Waals surface area contributed by atoms with Gasteiger partial charge in [0.1, 0.15) is 0 Å². The minimum atomic E-state index is -4.45. The van der Waals surface area contributed by atoms with Gasteiger partial charge in [0.2, 0.25) is 5.76 Å². The van der Waals surface area contributed by atoms with Crippen LogP contribution in [0.4, 0.5) is 13.2 Å². The van der Waals surface area contributed by atoms with E-state index in [0.29, 0.717) is 12.2 Å². The van der Waals surface area contributed by atoms with Crippen molar-refractivity contribution in [1.82, 2.24) is 10.1 Å². The molecule has 0 fully saturated rings. The Morgan fingerprint density at radius 2 is 1.93 bits per heavy atom. The smallest absolute Gasteiger partial charge is 0.351 e. The number of hydrogen-bond acceptors (Lipinski definition) is 3. The van der Waals surface area contributed by atoms with E-state index >= 15 is 0 Å². The Hall–Kier alpha value is -1.04. The van der Waals surface area contributed by atoms with Gasteiger partial charge in [-0.15, -0.1) is 0 Å². The topological polar surface area (TPSA) is 29.3 Å². The van der Waals surface area contributed by atoms with Crippen LogP contribution in [-0.4, -0.2) is 23.1 Å². The summed E-state index contributed by atoms with van der Waals surface area (Å²) in [6, 6.07) is 0.943. The third kappa shape index (κ3) is 3.23. The van der Waals surface area contributed by atoms with Crippen LogP contribution in [0.3, 0.4) is 0 Å². The number of rotatable bonds is 4. The summed E-state index contributed by atoms with van der Waals surface area (Å²) < 4.78 is 40.7. The van der Waals surface area contributed by atoms with Crippen LogP contribution in [0.2, 0.25) is 0 Å². The first-order chi connectivity index (χ1) is 6.97. The molecule has 0 aliphatic carbocycles. The minimum absolute atomic E-state index is 0.311. The first kappa shape index (κ1) is 12.0. The highest BCUT2D eigenvalue weighted by Crippen LogP contribution is 2.29. The molecule has 0 aromatic carbocycles. The van der Waals surface area contributed by atoms with Crippen LogP contribution in [0.5, 0.6) is 0 Å². The summed E-state index contributed by atoms with van der Waals surface area (Å²) in [4.78, 5) is 1.96. The largest absolute Gasteiger partial charge is 0.452 e. The predicted molar refractivity (Wildman–Crippen MR) is 48.1 cm³/mol. The molecule has 0 saturated heterocycles. The monoisotopic (exact) mass is 222 g/mol. The van der Waals surface area contributed by atoms with Gasteiger partial charge >= 0.3 is 6.18 Å². The van der Waals surface area contributed by atoms with Crippen LogP contribution < -0.4 is 0 Å². The van der Waals surface area contributed by atoms with Crippen LogP contribution in [0.15, 0.2) is 10.6 Å². The molecule has 0 N–H and O–H groups in total. The first-order valence-corrected chi connectivity index (χ1v) is 4.72. The van der Waals surface area contributed by atoms with Crippen molar-refractivity contribution in [3.8, 4) is 0 Å². The molecular formula is C9H13F3N2O. The van der Waals surface area contributed by atoms with Crippen molar-refractivity contribution in [1.29, 1.82) is 0 Å². The maximum atomic E-state index is 12.2. The van der Waals surface area contributed by atoms with Crippen molar-refractivity contribution in [2.45, 2.75) is 26.6 Å². The standard InChI is InChI=1S/C9H13F3N2O/c1-3-14(4-2)6-7-5-8(15-13-7)9(10,11)12/h5H,3-4,6H2,1-2H3. The van der Waals surface area contributed by atoms with E-state index in [1.165, 1.54) is 0 Å². The highest BCUT2D eigenvalue weighted by Gasteiger charge is 2.36. The lowest BCUT2D eigenvalue weighted by molar-refractivity contribution is -0.155. The molecule has 0 atom stereocenters. The van der Waals surface area contributed by atoms with Gasteiger partial charge in [0.25, 0.3) is 0 Å². The fourth-order valence-corrected chi connectivity index (χ4v) is 1.20. The molecule has 0 radical (unpaired) electrons. The highest BCUT2D eigenvalue weighted by molar-refractivity contribution is 5.08. The van der Waals surface area contributed by atoms with Gasteiger partial charge in [-0.1, -0.05) is 19.0 Å². The molecular weight excluding hydrogens is 209 g/mol. The molecule has 1 rings (SSSR count). The Morgan fingerprint density at radius 1 is 1.33 bits per heavy atom. The van der Waals surface area contributed by atoms with Gasteiger partial charge in [0.15, 0.2) is 0 Å². The summed E-state index contributed by atoms with van der Waals surface area (Å²) >= 11 is 0. The Morgan fingerprint density at radius 3 is 2.33 bits per heavy atom. The average molecular weight is 222 g/mol. The molecule has 0 unspecified atom stereocenters. The highest BCUT2D eigenvalue weighted by atomic mass is 19.4. The zero-order chi connectivity index (χ0) is 11.5. The number of alkyl halides is 3. The van der Waals surface area contributed by atoms with Gasteiger partial charge in [-0.3, -0.25) is 4.90 Å². The van der Waals surface area contributed by atoms with E-state index in [1.54, 1.807) is 0 Å². The van der Waals surface area contributed by atoms with Gasteiger partial charge in [-0.05, 0) is 13.1 Å². The molecule has 0 spiro atoms. The third-order valence-corrected chi connectivity index (χ3v) is 2.12. The Labute approximate surface area is 85.8 Å². The van der Waals surface area contributed by atoms with Crippen LogP contribution in [0, 0.1) is 0 Å². The molecule has 1 heterocycles. The van der Waals surface area contributed by atoms with E-state index in [-0.39, 0.29) is 0 Å². The maximum absolute atomic E-state index is 12.2. The zero-order valence-electron chi connectivity index (χ0n) is 8.64. The van der Waals surface area contributed by atoms with Crippen molar-refractivity contribution in [2.24, 2.45) is 0 Å². The number of aromatic nitrogens is 1. The lowest BCUT2D eigenvalue weighted by Gasteiger charge is -2.15. The quantitative estimate of drug-likeness (QED) is 0.783. The van der Waals surface area contributed by atoms with E-state index in [0.717, 1.165) is 19.2 Å². The summed E-state index contributed by atoms with van der Waals surface area (Å²) in [5, 5.41) is 3.38. The Balaban J connectivity index is 2.68. The van der Waals surface area contributed by atoms with E-state index < -0.39 is 11.9 Å². The Bertz CT molecular complexity index is 305. The molecule has 0 saturated carbocycles. The van der Waals surface area contributed by atoms with Crippen molar-refractivity contribution < 1.29 is 17.7 Å². The molecule has 0 bridgehead atoms. The fraction of sp³-hybridized carbons (Fsp3) is 0.667. The summed E-state index contributed by atoms with van der Waals surface area (Å²) in [5.74, 6) is -1.04. The van der Waals surface area contributed by atoms with Crippen LogP contribution in [-0.2, 0) is 12.7 Å². The fourth-order valence-electron chi connectivity index (χ4n) is 1.20. The van der Waals surface area contributed by atoms with E-state index in [2.05, 4.69) is 9.68 Å². The molecule has 0 amide bonds. The van der Waals surface area contributed by atoms with Crippen LogP contribution in [0.25, 0.3) is 0 Å². The van der Waals surface area contributed by atoms with Crippen molar-refractivity contribution >= 4 is 0 Å². The zero-order valence-corrected chi connectivity index (χ0v) is 8.64. The molecule has 0 aliphatic heterocycles. The van der Waals surface area contributed by atoms with Gasteiger partial charge < -0.3 is 4.52 Å². The van der Waals surface area contributed by atoms with E-state index in [1.807, 2.05) is 18.7 Å². The lowest BCUT2D eigenvalue weighted by atomic mass is 10.3. The van der Waals surface area contributed by atoms with Crippen LogP contribution in [0.1, 0.15) is 25.3 Å². The molecule has 0 aliphatic rings. The van der Waals surface area contributed by atoms with Gasteiger partial charge in [0, 0.05) is 12.6 Å². The van der Waals surface area contributed by atoms with Crippen molar-refractivity contribution in [3.63, 3.8) is 0 Å². The number of hydrogen-bond donors (Lipinski definition) is 0. The predicted octanol–water partition coefficient (Wildman–Crippen LogP) is 2.54. The van der Waals surface area contributed by atoms with Crippen LogP contribution >= 0.6 is 0 Å². The van der Waals surface area contributed by atoms with Gasteiger partial charge in [-0.2, -0.15) is 13.2 Å². The molecule has 1 aromatic rings. The normalized spacial score (nSPS) is 12.4. The second kappa shape index (κ2) is 4.65. The molecule has 6 heteroatoms. The number of halogens is 3. The molecule has 3 nitrogen and oxygen atoms in total. The van der Waals surface area contributed by atoms with Crippen molar-refractivity contribution in [2.75, 3.05) is 13.1 Å². The van der Waals surface area contributed by atoms with Gasteiger partial charge in [0.05, 0.1) is 5.69 Å². The summed E-state index contributed by atoms with van der Waals surface area (Å²) in [6.45, 7) is 5.80. The second-order valence-electron chi connectivity index (χ2n) is 3.14. The average Bonchev–Trinajstić information content (AvgIpc) is 2.61.